The minimum atomic E-state index is -1.17. The number of aliphatic carboxylic acids is 1. The Morgan fingerprint density at radius 2 is 1.59 bits per heavy atom. The molecule has 0 bridgehead atoms. The lowest BCUT2D eigenvalue weighted by Gasteiger charge is -2.28. The fourth-order valence-corrected chi connectivity index (χ4v) is 3.87. The Kier molecular flexibility index (Phi) is 7.15. The third kappa shape index (κ3) is 5.26. The van der Waals surface area contributed by atoms with Gasteiger partial charge < -0.3 is 15.2 Å². The summed E-state index contributed by atoms with van der Waals surface area (Å²) in [6.07, 6.45) is -0.220. The molecular weight excluding hydrogens is 412 g/mol. The highest BCUT2D eigenvalue weighted by atomic mass is 16.7. The van der Waals surface area contributed by atoms with Crippen molar-refractivity contribution < 1.29 is 29.1 Å². The average Bonchev–Trinajstić information content (AvgIpc) is 3.09. The molecule has 0 heterocycles. The molecule has 0 radical (unpaired) electrons. The van der Waals surface area contributed by atoms with Gasteiger partial charge in [0.2, 0.25) is 0 Å². The van der Waals surface area contributed by atoms with E-state index in [0.29, 0.717) is 6.42 Å². The van der Waals surface area contributed by atoms with Crippen LogP contribution in [0.3, 0.4) is 0 Å². The third-order valence-electron chi connectivity index (χ3n) is 5.61. The van der Waals surface area contributed by atoms with E-state index < -0.39 is 24.1 Å². The van der Waals surface area contributed by atoms with Crippen molar-refractivity contribution in [1.82, 2.24) is 10.4 Å². The standard InChI is InChI=1S/C24H28N2O6/c1-24(2,22(29)26(3)32-15-21(27)28)12-13-25-23(30)31-14-20-18-10-6-4-8-16(18)17-9-5-7-11-19(17)20/h4-11,20H,12-15H2,1-3H3,(H,25,30)(H,27,28). The Morgan fingerprint density at radius 3 is 2.16 bits per heavy atom. The monoisotopic (exact) mass is 440 g/mol. The Morgan fingerprint density at radius 1 is 1.03 bits per heavy atom. The van der Waals surface area contributed by atoms with Gasteiger partial charge in [0.1, 0.15) is 6.61 Å². The number of hydrogen-bond donors (Lipinski definition) is 2. The number of hydroxylamine groups is 2. The van der Waals surface area contributed by atoms with Gasteiger partial charge in [0, 0.05) is 24.9 Å². The molecule has 0 fully saturated rings. The second-order valence-corrected chi connectivity index (χ2v) is 8.36. The van der Waals surface area contributed by atoms with E-state index in [4.69, 9.17) is 14.7 Å². The van der Waals surface area contributed by atoms with Crippen LogP contribution < -0.4 is 5.32 Å². The van der Waals surface area contributed by atoms with Gasteiger partial charge in [-0.1, -0.05) is 62.4 Å². The molecule has 3 rings (SSSR count). The maximum atomic E-state index is 12.5. The van der Waals surface area contributed by atoms with Crippen molar-refractivity contribution in [2.24, 2.45) is 5.41 Å². The highest BCUT2D eigenvalue weighted by molar-refractivity contribution is 5.81. The molecule has 0 aliphatic heterocycles. The van der Waals surface area contributed by atoms with Crippen LogP contribution in [-0.2, 0) is 19.2 Å². The fourth-order valence-electron chi connectivity index (χ4n) is 3.87. The number of nitrogens with zero attached hydrogens (tertiary/aromatic N) is 1. The predicted octanol–water partition coefficient (Wildman–Crippen LogP) is 3.42. The molecule has 8 heteroatoms. The minimum Gasteiger partial charge on any atom is -0.479 e. The quantitative estimate of drug-likeness (QED) is 0.579. The molecule has 0 atom stereocenters. The molecule has 32 heavy (non-hydrogen) atoms. The van der Waals surface area contributed by atoms with Gasteiger partial charge in [-0.15, -0.1) is 0 Å². The molecule has 0 aromatic heterocycles. The Labute approximate surface area is 187 Å². The number of nitrogens with one attached hydrogen (secondary N) is 1. The number of carboxylic acid groups (broad SMARTS) is 1. The molecule has 1 aliphatic carbocycles. The first-order valence-electron chi connectivity index (χ1n) is 10.4. The highest BCUT2D eigenvalue weighted by Crippen LogP contribution is 2.44. The van der Waals surface area contributed by atoms with Crippen LogP contribution in [0.4, 0.5) is 4.79 Å². The Bertz CT molecular complexity index is 958. The van der Waals surface area contributed by atoms with Crippen LogP contribution in [0, 0.1) is 5.41 Å². The largest absolute Gasteiger partial charge is 0.479 e. The molecule has 2 aromatic carbocycles. The van der Waals surface area contributed by atoms with Crippen molar-refractivity contribution in [2.45, 2.75) is 26.2 Å². The fraction of sp³-hybridized carbons (Fsp3) is 0.375. The molecule has 2 amide bonds. The number of benzene rings is 2. The normalized spacial score (nSPS) is 12.6. The average molecular weight is 440 g/mol. The van der Waals surface area contributed by atoms with Crippen molar-refractivity contribution >= 4 is 18.0 Å². The molecule has 1 aliphatic rings. The second-order valence-electron chi connectivity index (χ2n) is 8.36. The van der Waals surface area contributed by atoms with Gasteiger partial charge in [-0.2, -0.15) is 0 Å². The summed E-state index contributed by atoms with van der Waals surface area (Å²) in [7, 11) is 1.37. The number of ether oxygens (including phenoxy) is 1. The summed E-state index contributed by atoms with van der Waals surface area (Å²) in [5, 5.41) is 12.3. The van der Waals surface area contributed by atoms with E-state index in [1.807, 2.05) is 24.3 Å². The van der Waals surface area contributed by atoms with Crippen LogP contribution in [0.15, 0.2) is 48.5 Å². The zero-order valence-corrected chi connectivity index (χ0v) is 18.5. The van der Waals surface area contributed by atoms with E-state index in [0.717, 1.165) is 27.3 Å². The zero-order valence-electron chi connectivity index (χ0n) is 18.5. The van der Waals surface area contributed by atoms with Gasteiger partial charge in [0.25, 0.3) is 5.91 Å². The van der Waals surface area contributed by atoms with Gasteiger partial charge in [0.05, 0.1) is 0 Å². The molecule has 0 saturated carbocycles. The molecule has 170 valence electrons. The van der Waals surface area contributed by atoms with Crippen LogP contribution >= 0.6 is 0 Å². The number of amides is 2. The summed E-state index contributed by atoms with van der Waals surface area (Å²) in [6.45, 7) is 3.25. The van der Waals surface area contributed by atoms with Crippen LogP contribution in [0.5, 0.6) is 0 Å². The highest BCUT2D eigenvalue weighted by Gasteiger charge is 2.32. The smallest absolute Gasteiger partial charge is 0.407 e. The molecule has 2 N–H and O–H groups in total. The van der Waals surface area contributed by atoms with E-state index in [2.05, 4.69) is 29.6 Å². The summed E-state index contributed by atoms with van der Waals surface area (Å²) in [4.78, 5) is 40.2. The van der Waals surface area contributed by atoms with Crippen LogP contribution in [-0.4, -0.2) is 54.9 Å². The SMILES string of the molecule is CN(OCC(=O)O)C(=O)C(C)(C)CCNC(=O)OCC1c2ccccc2-c2ccccc21. The minimum absolute atomic E-state index is 0.0220. The number of fused-ring (bicyclic) bond motifs is 3. The molecule has 8 nitrogen and oxygen atoms in total. The number of rotatable bonds is 9. The van der Waals surface area contributed by atoms with Crippen molar-refractivity contribution in [1.29, 1.82) is 0 Å². The Balaban J connectivity index is 1.50. The summed E-state index contributed by atoms with van der Waals surface area (Å²) in [5.74, 6) is -1.57. The van der Waals surface area contributed by atoms with Crippen LogP contribution in [0.2, 0.25) is 0 Å². The van der Waals surface area contributed by atoms with Crippen molar-refractivity contribution in [3.05, 3.63) is 59.7 Å². The van der Waals surface area contributed by atoms with E-state index in [-0.39, 0.29) is 25.0 Å². The predicted molar refractivity (Wildman–Crippen MR) is 118 cm³/mol. The first kappa shape index (κ1) is 23.3. The van der Waals surface area contributed by atoms with E-state index >= 15 is 0 Å². The van der Waals surface area contributed by atoms with E-state index in [1.54, 1.807) is 13.8 Å². The molecule has 0 unspecified atom stereocenters. The number of carbonyl (C=O) groups is 3. The third-order valence-corrected chi connectivity index (χ3v) is 5.61. The topological polar surface area (TPSA) is 105 Å². The number of alkyl carbamates (subject to hydrolysis) is 1. The molecule has 0 spiro atoms. The summed E-state index contributed by atoms with van der Waals surface area (Å²) in [6, 6.07) is 16.2. The lowest BCUT2D eigenvalue weighted by Crippen LogP contribution is -2.41. The molecular formula is C24H28N2O6. The van der Waals surface area contributed by atoms with Gasteiger partial charge in [-0.05, 0) is 28.7 Å². The maximum Gasteiger partial charge on any atom is 0.407 e. The molecule has 0 saturated heterocycles. The summed E-state index contributed by atoms with van der Waals surface area (Å²) < 4.78 is 5.49. The van der Waals surface area contributed by atoms with Crippen molar-refractivity contribution in [3.63, 3.8) is 0 Å². The van der Waals surface area contributed by atoms with Crippen molar-refractivity contribution in [3.8, 4) is 11.1 Å². The van der Waals surface area contributed by atoms with Crippen LogP contribution in [0.1, 0.15) is 37.3 Å². The van der Waals surface area contributed by atoms with Gasteiger partial charge in [0.15, 0.2) is 6.61 Å². The zero-order chi connectivity index (χ0) is 23.3. The number of carbonyl (C=O) groups excluding carboxylic acids is 2. The van der Waals surface area contributed by atoms with Gasteiger partial charge in [-0.3, -0.25) is 9.63 Å². The number of hydrogen-bond acceptors (Lipinski definition) is 5. The summed E-state index contributed by atoms with van der Waals surface area (Å²) in [5.41, 5.74) is 3.73. The van der Waals surface area contributed by atoms with Crippen molar-refractivity contribution in [2.75, 3.05) is 26.8 Å². The lowest BCUT2D eigenvalue weighted by molar-refractivity contribution is -0.193. The van der Waals surface area contributed by atoms with E-state index in [9.17, 15) is 14.4 Å². The molecule has 2 aromatic rings. The maximum absolute atomic E-state index is 12.5. The first-order chi connectivity index (χ1) is 15.2. The summed E-state index contributed by atoms with van der Waals surface area (Å²) >= 11 is 0. The first-order valence-corrected chi connectivity index (χ1v) is 10.4. The van der Waals surface area contributed by atoms with E-state index in [1.165, 1.54) is 7.05 Å². The Hall–Kier alpha value is -3.39. The lowest BCUT2D eigenvalue weighted by atomic mass is 9.88. The van der Waals surface area contributed by atoms with Gasteiger partial charge in [-0.25, -0.2) is 14.7 Å². The van der Waals surface area contributed by atoms with Crippen LogP contribution in [0.25, 0.3) is 11.1 Å². The number of carboxylic acids is 1. The second kappa shape index (κ2) is 9.82. The van der Waals surface area contributed by atoms with Gasteiger partial charge >= 0.3 is 12.1 Å².